The van der Waals surface area contributed by atoms with Gasteiger partial charge in [0.25, 0.3) is 0 Å². The Labute approximate surface area is 200 Å². The van der Waals surface area contributed by atoms with Gasteiger partial charge in [-0.1, -0.05) is 103 Å². The average molecular weight is 453 g/mol. The molecule has 0 spiro atoms. The fourth-order valence-corrected chi connectivity index (χ4v) is 3.55. The van der Waals surface area contributed by atoms with Crippen molar-refractivity contribution in [1.82, 2.24) is 0 Å². The van der Waals surface area contributed by atoms with Gasteiger partial charge in [0.15, 0.2) is 11.5 Å². The lowest BCUT2D eigenvalue weighted by Crippen LogP contribution is -2.08. The van der Waals surface area contributed by atoms with Gasteiger partial charge in [0, 0.05) is 6.42 Å². The second kappa shape index (κ2) is 12.3. The van der Waals surface area contributed by atoms with Crippen LogP contribution in [-0.4, -0.2) is 5.97 Å². The summed E-state index contributed by atoms with van der Waals surface area (Å²) in [5, 5.41) is 0. The third-order valence-corrected chi connectivity index (χ3v) is 5.36. The Bertz CT molecular complexity index is 1160. The van der Waals surface area contributed by atoms with Gasteiger partial charge in [0.1, 0.15) is 19.8 Å². The van der Waals surface area contributed by atoms with Gasteiger partial charge in [-0.2, -0.15) is 0 Å². The summed E-state index contributed by atoms with van der Waals surface area (Å²) in [6.07, 6.45) is 0.761. The SMILES string of the molecule is O=C(CCc1cccc(OCc2ccccc2)c1OCc1ccccc1)OCc1ccccc1. The predicted molar refractivity (Wildman–Crippen MR) is 133 cm³/mol. The van der Waals surface area contributed by atoms with E-state index in [9.17, 15) is 4.79 Å². The maximum Gasteiger partial charge on any atom is 0.306 e. The number of rotatable bonds is 11. The Hall–Kier alpha value is -4.05. The highest BCUT2D eigenvalue weighted by atomic mass is 16.5. The molecule has 0 N–H and O–H groups in total. The van der Waals surface area contributed by atoms with Crippen LogP contribution in [0, 0.1) is 0 Å². The van der Waals surface area contributed by atoms with E-state index in [2.05, 4.69) is 0 Å². The zero-order chi connectivity index (χ0) is 23.4. The van der Waals surface area contributed by atoms with E-state index in [1.165, 1.54) is 0 Å². The van der Waals surface area contributed by atoms with Crippen molar-refractivity contribution in [1.29, 1.82) is 0 Å². The Morgan fingerprint density at radius 1 is 0.559 bits per heavy atom. The Balaban J connectivity index is 1.44. The molecule has 0 atom stereocenters. The molecule has 0 aliphatic carbocycles. The van der Waals surface area contributed by atoms with E-state index in [4.69, 9.17) is 14.2 Å². The molecule has 4 heteroatoms. The minimum atomic E-state index is -0.242. The molecule has 0 radical (unpaired) electrons. The van der Waals surface area contributed by atoms with E-state index in [-0.39, 0.29) is 19.0 Å². The molecular weight excluding hydrogens is 424 g/mol. The van der Waals surface area contributed by atoms with Crippen LogP contribution in [0.2, 0.25) is 0 Å². The van der Waals surface area contributed by atoms with E-state index in [0.717, 1.165) is 22.3 Å². The second-order valence-corrected chi connectivity index (χ2v) is 7.94. The first-order valence-electron chi connectivity index (χ1n) is 11.4. The maximum atomic E-state index is 12.4. The Morgan fingerprint density at radius 3 is 1.68 bits per heavy atom. The van der Waals surface area contributed by atoms with Crippen molar-refractivity contribution in [2.75, 3.05) is 0 Å². The molecular formula is C30H28O4. The molecule has 34 heavy (non-hydrogen) atoms. The quantitative estimate of drug-likeness (QED) is 0.243. The van der Waals surface area contributed by atoms with Crippen molar-refractivity contribution in [3.63, 3.8) is 0 Å². The summed E-state index contributed by atoms with van der Waals surface area (Å²) in [6.45, 7) is 1.13. The van der Waals surface area contributed by atoms with Gasteiger partial charge in [-0.3, -0.25) is 4.79 Å². The van der Waals surface area contributed by atoms with Crippen LogP contribution < -0.4 is 9.47 Å². The fourth-order valence-electron chi connectivity index (χ4n) is 3.55. The van der Waals surface area contributed by atoms with Crippen LogP contribution in [0.1, 0.15) is 28.7 Å². The molecule has 4 rings (SSSR count). The summed E-state index contributed by atoms with van der Waals surface area (Å²) in [4.78, 5) is 12.4. The summed E-state index contributed by atoms with van der Waals surface area (Å²) in [7, 11) is 0. The average Bonchev–Trinajstić information content (AvgIpc) is 2.90. The molecule has 0 amide bonds. The number of ether oxygens (including phenoxy) is 3. The number of hydrogen-bond donors (Lipinski definition) is 0. The fraction of sp³-hybridized carbons (Fsp3) is 0.167. The number of carbonyl (C=O) groups is 1. The zero-order valence-corrected chi connectivity index (χ0v) is 19.1. The van der Waals surface area contributed by atoms with Crippen molar-refractivity contribution in [3.8, 4) is 11.5 Å². The minimum absolute atomic E-state index is 0.242. The van der Waals surface area contributed by atoms with Crippen LogP contribution in [-0.2, 0) is 35.8 Å². The number of aryl methyl sites for hydroxylation is 1. The lowest BCUT2D eigenvalue weighted by molar-refractivity contribution is -0.144. The monoisotopic (exact) mass is 452 g/mol. The van der Waals surface area contributed by atoms with Crippen LogP contribution in [0.3, 0.4) is 0 Å². The van der Waals surface area contributed by atoms with Gasteiger partial charge >= 0.3 is 5.97 Å². The molecule has 0 unspecified atom stereocenters. The van der Waals surface area contributed by atoms with Crippen LogP contribution in [0.5, 0.6) is 11.5 Å². The van der Waals surface area contributed by atoms with Crippen LogP contribution >= 0.6 is 0 Å². The van der Waals surface area contributed by atoms with E-state index in [1.807, 2.05) is 109 Å². The number of carbonyl (C=O) groups excluding carboxylic acids is 1. The molecule has 4 aromatic carbocycles. The normalized spacial score (nSPS) is 10.5. The molecule has 0 saturated heterocycles. The molecule has 0 aromatic heterocycles. The molecule has 172 valence electrons. The highest BCUT2D eigenvalue weighted by molar-refractivity contribution is 5.70. The van der Waals surface area contributed by atoms with Gasteiger partial charge < -0.3 is 14.2 Å². The van der Waals surface area contributed by atoms with E-state index < -0.39 is 0 Å². The summed E-state index contributed by atoms with van der Waals surface area (Å²) < 4.78 is 17.8. The van der Waals surface area contributed by atoms with E-state index in [1.54, 1.807) is 0 Å². The van der Waals surface area contributed by atoms with E-state index >= 15 is 0 Å². The third kappa shape index (κ3) is 6.97. The Morgan fingerprint density at radius 2 is 1.09 bits per heavy atom. The number of para-hydroxylation sites is 1. The molecule has 0 bridgehead atoms. The molecule has 4 nitrogen and oxygen atoms in total. The van der Waals surface area contributed by atoms with Gasteiger partial charge in [-0.25, -0.2) is 0 Å². The summed E-state index contributed by atoms with van der Waals surface area (Å²) in [6, 6.07) is 35.5. The molecule has 4 aromatic rings. The maximum absolute atomic E-state index is 12.4. The van der Waals surface area contributed by atoms with Gasteiger partial charge in [-0.15, -0.1) is 0 Å². The summed E-state index contributed by atoms with van der Waals surface area (Å²) in [5.41, 5.74) is 4.03. The van der Waals surface area contributed by atoms with Gasteiger partial charge in [0.2, 0.25) is 0 Å². The van der Waals surface area contributed by atoms with Crippen molar-refractivity contribution in [2.24, 2.45) is 0 Å². The number of benzene rings is 4. The number of hydrogen-bond acceptors (Lipinski definition) is 4. The van der Waals surface area contributed by atoms with Crippen LogP contribution in [0.25, 0.3) is 0 Å². The highest BCUT2D eigenvalue weighted by Crippen LogP contribution is 2.33. The topological polar surface area (TPSA) is 44.8 Å². The van der Waals surface area contributed by atoms with Crippen molar-refractivity contribution in [2.45, 2.75) is 32.7 Å². The van der Waals surface area contributed by atoms with Gasteiger partial charge in [0.05, 0.1) is 0 Å². The highest BCUT2D eigenvalue weighted by Gasteiger charge is 2.14. The molecule has 0 heterocycles. The predicted octanol–water partition coefficient (Wildman–Crippen LogP) is 6.52. The standard InChI is InChI=1S/C30H28O4/c31-29(33-22-25-13-6-2-7-14-25)20-19-27-17-10-18-28(32-21-24-11-4-1-5-12-24)30(27)34-23-26-15-8-3-9-16-26/h1-18H,19-23H2. The first-order valence-corrected chi connectivity index (χ1v) is 11.4. The van der Waals surface area contributed by atoms with Gasteiger partial charge in [-0.05, 0) is 34.7 Å². The largest absolute Gasteiger partial charge is 0.485 e. The van der Waals surface area contributed by atoms with E-state index in [0.29, 0.717) is 31.1 Å². The summed E-state index contributed by atoms with van der Waals surface area (Å²) in [5.74, 6) is 1.08. The first-order chi connectivity index (χ1) is 16.8. The minimum Gasteiger partial charge on any atom is -0.485 e. The second-order valence-electron chi connectivity index (χ2n) is 7.94. The zero-order valence-electron chi connectivity index (χ0n) is 19.1. The van der Waals surface area contributed by atoms with Crippen LogP contribution in [0.15, 0.2) is 109 Å². The van der Waals surface area contributed by atoms with Crippen LogP contribution in [0.4, 0.5) is 0 Å². The van der Waals surface area contributed by atoms with Crippen molar-refractivity contribution < 1.29 is 19.0 Å². The lowest BCUT2D eigenvalue weighted by atomic mass is 10.1. The third-order valence-electron chi connectivity index (χ3n) is 5.36. The molecule has 0 aliphatic heterocycles. The molecule has 0 aliphatic rings. The lowest BCUT2D eigenvalue weighted by Gasteiger charge is -2.17. The number of esters is 1. The Kier molecular flexibility index (Phi) is 8.34. The van der Waals surface area contributed by atoms with Crippen molar-refractivity contribution in [3.05, 3.63) is 131 Å². The van der Waals surface area contributed by atoms with Crippen molar-refractivity contribution >= 4 is 5.97 Å². The molecule has 0 saturated carbocycles. The molecule has 0 fully saturated rings. The first kappa shape index (κ1) is 23.1. The smallest absolute Gasteiger partial charge is 0.306 e. The summed E-state index contributed by atoms with van der Waals surface area (Å²) >= 11 is 0.